The Morgan fingerprint density at radius 3 is 1.90 bits per heavy atom. The van der Waals surface area contributed by atoms with Crippen molar-refractivity contribution in [1.29, 1.82) is 0 Å². The quantitative estimate of drug-likeness (QED) is 0.280. The van der Waals surface area contributed by atoms with Crippen molar-refractivity contribution in [1.82, 2.24) is 14.5 Å². The zero-order valence-electron chi connectivity index (χ0n) is 21.0. The molecule has 0 saturated carbocycles. The summed E-state index contributed by atoms with van der Waals surface area (Å²) in [5.74, 6) is -3.83. The molecule has 3 heterocycles. The van der Waals surface area contributed by atoms with Gasteiger partial charge in [-0.2, -0.15) is 26.3 Å². The van der Waals surface area contributed by atoms with Gasteiger partial charge in [-0.15, -0.1) is 0 Å². The van der Waals surface area contributed by atoms with Crippen LogP contribution in [-0.4, -0.2) is 69.4 Å². The Kier molecular flexibility index (Phi) is 8.61. The van der Waals surface area contributed by atoms with Gasteiger partial charge in [0, 0.05) is 27.7 Å². The smallest absolute Gasteiger partial charge is 0.433 e. The van der Waals surface area contributed by atoms with E-state index in [1.807, 2.05) is 0 Å². The van der Waals surface area contributed by atoms with Gasteiger partial charge in [-0.05, 0) is 6.07 Å². The van der Waals surface area contributed by atoms with Crippen molar-refractivity contribution in [2.75, 3.05) is 6.61 Å². The number of pyridine rings is 1. The van der Waals surface area contributed by atoms with Crippen LogP contribution in [0.2, 0.25) is 0 Å². The molecule has 220 valence electrons. The van der Waals surface area contributed by atoms with E-state index in [9.17, 15) is 45.5 Å². The third kappa shape index (κ3) is 6.78. The molecule has 1 fully saturated rings. The zero-order chi connectivity index (χ0) is 30.2. The number of rotatable bonds is 6. The first kappa shape index (κ1) is 30.6. The normalized spacial score (nSPS) is 23.4. The van der Waals surface area contributed by atoms with E-state index in [1.54, 1.807) is 0 Å². The van der Waals surface area contributed by atoms with Crippen LogP contribution >= 0.6 is 0 Å². The molecule has 0 aromatic carbocycles. The lowest BCUT2D eigenvalue weighted by molar-refractivity contribution is -0.267. The molecule has 0 aliphatic carbocycles. The molecule has 1 aliphatic heterocycles. The van der Waals surface area contributed by atoms with Crippen LogP contribution in [-0.2, 0) is 55.2 Å². The fourth-order valence-electron chi connectivity index (χ4n) is 3.98. The summed E-state index contributed by atoms with van der Waals surface area (Å²) in [5.41, 5.74) is -5.68. The molecular weight excluding hydrogens is 564 g/mol. The van der Waals surface area contributed by atoms with E-state index in [4.69, 9.17) is 23.7 Å². The van der Waals surface area contributed by atoms with Crippen LogP contribution in [0, 0.1) is 0 Å². The summed E-state index contributed by atoms with van der Waals surface area (Å²) in [7, 11) is 0. The Bertz CT molecular complexity index is 1310. The van der Waals surface area contributed by atoms with E-state index < -0.39 is 95.9 Å². The van der Waals surface area contributed by atoms with E-state index >= 15 is 0 Å². The average Bonchev–Trinajstić information content (AvgIpc) is 3.21. The minimum atomic E-state index is -5.31. The molecule has 1 saturated heterocycles. The molecule has 2 aromatic rings. The van der Waals surface area contributed by atoms with Crippen LogP contribution in [0.5, 0.6) is 0 Å². The van der Waals surface area contributed by atoms with Crippen molar-refractivity contribution in [3.63, 3.8) is 0 Å². The lowest BCUT2D eigenvalue weighted by Crippen LogP contribution is -2.60. The van der Waals surface area contributed by atoms with Crippen LogP contribution in [0.15, 0.2) is 12.4 Å². The van der Waals surface area contributed by atoms with Gasteiger partial charge in [0.1, 0.15) is 23.9 Å². The summed E-state index contributed by atoms with van der Waals surface area (Å²) >= 11 is 0. The van der Waals surface area contributed by atoms with Crippen molar-refractivity contribution in [3.8, 4) is 0 Å². The van der Waals surface area contributed by atoms with Crippen LogP contribution in [0.1, 0.15) is 45.2 Å². The van der Waals surface area contributed by atoms with Gasteiger partial charge in [-0.25, -0.2) is 9.97 Å². The van der Waals surface area contributed by atoms with Crippen molar-refractivity contribution in [3.05, 3.63) is 23.7 Å². The SMILES string of the molecule is CC(=O)OC[C@H]1O[C@@H](n2cnc3c(C(F)(F)F)cc(C(F)(F)F)nc32)[C@H](OC(C)=O)[C@@H](OC(C)=O)[C@@H]1OC(C)=O. The molecule has 12 nitrogen and oxygen atoms in total. The summed E-state index contributed by atoms with van der Waals surface area (Å²) in [6.45, 7) is 3.13. The number of carbonyl (C=O) groups excluding carboxylic acids is 4. The average molecular weight is 585 g/mol. The van der Waals surface area contributed by atoms with Gasteiger partial charge in [0.15, 0.2) is 30.2 Å². The number of carbonyl (C=O) groups is 4. The Balaban J connectivity index is 2.29. The summed E-state index contributed by atoms with van der Waals surface area (Å²) < 4.78 is 109. The topological polar surface area (TPSA) is 145 Å². The second-order valence-electron chi connectivity index (χ2n) is 8.46. The number of nitrogens with zero attached hydrogens (tertiary/aromatic N) is 3. The fraction of sp³-hybridized carbons (Fsp3) is 0.545. The molecule has 18 heteroatoms. The number of hydrogen-bond acceptors (Lipinski definition) is 11. The number of ether oxygens (including phenoxy) is 5. The van der Waals surface area contributed by atoms with E-state index in [2.05, 4.69) is 9.97 Å². The predicted molar refractivity (Wildman–Crippen MR) is 115 cm³/mol. The highest BCUT2D eigenvalue weighted by Crippen LogP contribution is 2.41. The number of aromatic nitrogens is 3. The second-order valence-corrected chi connectivity index (χ2v) is 8.46. The van der Waals surface area contributed by atoms with Crippen LogP contribution in [0.3, 0.4) is 0 Å². The fourth-order valence-corrected chi connectivity index (χ4v) is 3.98. The highest BCUT2D eigenvalue weighted by Gasteiger charge is 2.53. The maximum Gasteiger partial charge on any atom is 0.433 e. The molecule has 0 radical (unpaired) electrons. The highest BCUT2D eigenvalue weighted by molar-refractivity contribution is 5.76. The van der Waals surface area contributed by atoms with Crippen molar-refractivity contribution in [2.45, 2.75) is 70.7 Å². The first-order valence-corrected chi connectivity index (χ1v) is 11.2. The zero-order valence-corrected chi connectivity index (χ0v) is 21.0. The van der Waals surface area contributed by atoms with Crippen molar-refractivity contribution in [2.24, 2.45) is 0 Å². The first-order valence-electron chi connectivity index (χ1n) is 11.2. The molecule has 1 aliphatic rings. The van der Waals surface area contributed by atoms with Gasteiger partial charge in [-0.3, -0.25) is 23.7 Å². The van der Waals surface area contributed by atoms with Crippen LogP contribution in [0.4, 0.5) is 26.3 Å². The van der Waals surface area contributed by atoms with Crippen LogP contribution < -0.4 is 0 Å². The molecule has 0 bridgehead atoms. The summed E-state index contributed by atoms with van der Waals surface area (Å²) in [6.07, 6.45) is -18.5. The minimum Gasteiger partial charge on any atom is -0.463 e. The Morgan fingerprint density at radius 1 is 0.850 bits per heavy atom. The Hall–Kier alpha value is -3.96. The third-order valence-electron chi connectivity index (χ3n) is 5.37. The number of alkyl halides is 6. The highest BCUT2D eigenvalue weighted by atomic mass is 19.4. The lowest BCUT2D eigenvalue weighted by atomic mass is 9.97. The van der Waals surface area contributed by atoms with E-state index in [1.165, 1.54) is 0 Å². The number of imidazole rings is 1. The number of halogens is 6. The van der Waals surface area contributed by atoms with Gasteiger partial charge in [0.05, 0.1) is 11.9 Å². The largest absolute Gasteiger partial charge is 0.463 e. The van der Waals surface area contributed by atoms with Crippen molar-refractivity contribution < 1.29 is 69.2 Å². The maximum absolute atomic E-state index is 13.7. The van der Waals surface area contributed by atoms with E-state index in [0.717, 1.165) is 27.7 Å². The molecule has 0 unspecified atom stereocenters. The molecule has 0 N–H and O–H groups in total. The van der Waals surface area contributed by atoms with Gasteiger partial charge in [-0.1, -0.05) is 0 Å². The molecule has 2 aromatic heterocycles. The van der Waals surface area contributed by atoms with Gasteiger partial charge in [0.2, 0.25) is 0 Å². The maximum atomic E-state index is 13.7. The Labute approximate surface area is 220 Å². The number of esters is 4. The van der Waals surface area contributed by atoms with Gasteiger partial charge >= 0.3 is 36.2 Å². The third-order valence-corrected chi connectivity index (χ3v) is 5.37. The minimum absolute atomic E-state index is 0.215. The summed E-state index contributed by atoms with van der Waals surface area (Å²) in [4.78, 5) is 54.1. The van der Waals surface area contributed by atoms with E-state index in [0.29, 0.717) is 10.9 Å². The molecular formula is C22H21F6N3O9. The number of hydrogen-bond donors (Lipinski definition) is 0. The summed E-state index contributed by atoms with van der Waals surface area (Å²) in [5, 5.41) is 0. The van der Waals surface area contributed by atoms with Gasteiger partial charge < -0.3 is 23.7 Å². The second kappa shape index (κ2) is 11.3. The van der Waals surface area contributed by atoms with E-state index in [-0.39, 0.29) is 6.07 Å². The molecule has 40 heavy (non-hydrogen) atoms. The van der Waals surface area contributed by atoms with Crippen molar-refractivity contribution >= 4 is 35.0 Å². The van der Waals surface area contributed by atoms with Crippen LogP contribution in [0.25, 0.3) is 11.2 Å². The summed E-state index contributed by atoms with van der Waals surface area (Å²) in [6, 6.07) is -0.215. The molecule has 3 rings (SSSR count). The Morgan fingerprint density at radius 2 is 1.40 bits per heavy atom. The lowest BCUT2D eigenvalue weighted by Gasteiger charge is -2.44. The van der Waals surface area contributed by atoms with Gasteiger partial charge in [0.25, 0.3) is 0 Å². The molecule has 0 spiro atoms. The first-order chi connectivity index (χ1) is 18.4. The predicted octanol–water partition coefficient (Wildman–Crippen LogP) is 2.72. The molecule has 0 amide bonds. The monoisotopic (exact) mass is 585 g/mol. The number of fused-ring (bicyclic) bond motifs is 1. The molecule has 5 atom stereocenters. The standard InChI is InChI=1S/C22H21F6N3O9/c1-8(32)36-6-13-16(37-9(2)33)17(38-10(3)34)18(39-11(4)35)20(40-13)31-7-29-15-12(21(23,24)25)5-14(22(26,27)28)30-19(15)31/h5,7,13,16-18,20H,6H2,1-4H3/t13-,16-,17+,18-,20-/m1/s1.